The minimum absolute atomic E-state index is 0.145. The van der Waals surface area contributed by atoms with Crippen molar-refractivity contribution in [3.05, 3.63) is 21.9 Å². The molecule has 1 fully saturated rings. The predicted molar refractivity (Wildman–Crippen MR) is 84.3 cm³/mol. The van der Waals surface area contributed by atoms with Crippen molar-refractivity contribution in [3.63, 3.8) is 0 Å². The summed E-state index contributed by atoms with van der Waals surface area (Å²) in [6, 6.07) is 2.12. The van der Waals surface area contributed by atoms with Crippen molar-refractivity contribution in [3.8, 4) is 0 Å². The Morgan fingerprint density at radius 3 is 3.00 bits per heavy atom. The number of hydrogen-bond donors (Lipinski definition) is 2. The fourth-order valence-electron chi connectivity index (χ4n) is 3.36. The fraction of sp³-hybridized carbons (Fsp3) is 0.688. The molecule has 0 bridgehead atoms. The van der Waals surface area contributed by atoms with Gasteiger partial charge in [0.15, 0.2) is 0 Å². The lowest BCUT2D eigenvalue weighted by Gasteiger charge is -2.33. The van der Waals surface area contributed by atoms with Crippen molar-refractivity contribution in [2.45, 2.75) is 50.7 Å². The molecule has 1 aromatic rings. The molecule has 2 N–H and O–H groups in total. The maximum atomic E-state index is 12.3. The van der Waals surface area contributed by atoms with E-state index in [0.717, 1.165) is 45.2 Å². The molecule has 116 valence electrons. The van der Waals surface area contributed by atoms with Crippen molar-refractivity contribution in [1.29, 1.82) is 0 Å². The summed E-state index contributed by atoms with van der Waals surface area (Å²) in [7, 11) is 0. The van der Waals surface area contributed by atoms with E-state index in [1.165, 1.54) is 16.9 Å². The standard InChI is InChI=1S/C16H24N2O2S/c19-15(10-17-12-16(20)6-2-1-3-7-16)18-8-4-14-13(11-18)5-9-21-14/h5,9,17,20H,1-4,6-8,10-12H2. The van der Waals surface area contributed by atoms with E-state index in [4.69, 9.17) is 0 Å². The van der Waals surface area contributed by atoms with Crippen LogP contribution in [0.25, 0.3) is 0 Å². The smallest absolute Gasteiger partial charge is 0.236 e. The second kappa shape index (κ2) is 6.46. The first-order valence-corrected chi connectivity index (χ1v) is 8.80. The molecule has 5 heteroatoms. The summed E-state index contributed by atoms with van der Waals surface area (Å²) in [6.07, 6.45) is 6.10. The third-order valence-corrected chi connectivity index (χ3v) is 5.70. The molecule has 0 saturated heterocycles. The van der Waals surface area contributed by atoms with Gasteiger partial charge in [-0.1, -0.05) is 19.3 Å². The Morgan fingerprint density at radius 1 is 1.38 bits per heavy atom. The van der Waals surface area contributed by atoms with Crippen molar-refractivity contribution >= 4 is 17.2 Å². The highest BCUT2D eigenvalue weighted by Gasteiger charge is 2.29. The van der Waals surface area contributed by atoms with Crippen molar-refractivity contribution < 1.29 is 9.90 Å². The number of thiophene rings is 1. The number of carbonyl (C=O) groups is 1. The second-order valence-corrected chi connectivity index (χ2v) is 7.32. The average molecular weight is 308 g/mol. The van der Waals surface area contributed by atoms with Crippen LogP contribution in [0.4, 0.5) is 0 Å². The van der Waals surface area contributed by atoms with Gasteiger partial charge in [-0.25, -0.2) is 0 Å². The highest BCUT2D eigenvalue weighted by molar-refractivity contribution is 7.10. The van der Waals surface area contributed by atoms with E-state index in [0.29, 0.717) is 13.1 Å². The lowest BCUT2D eigenvalue weighted by Crippen LogP contribution is -2.46. The molecule has 0 unspecified atom stereocenters. The number of amides is 1. The normalized spacial score (nSPS) is 21.1. The number of carbonyl (C=O) groups excluding carboxylic acids is 1. The first-order valence-electron chi connectivity index (χ1n) is 7.92. The Morgan fingerprint density at radius 2 is 2.19 bits per heavy atom. The first-order chi connectivity index (χ1) is 10.2. The van der Waals surface area contributed by atoms with Gasteiger partial charge in [0.2, 0.25) is 5.91 Å². The van der Waals surface area contributed by atoms with Crippen LogP contribution in [0, 0.1) is 0 Å². The third kappa shape index (κ3) is 3.65. The molecule has 1 aliphatic carbocycles. The summed E-state index contributed by atoms with van der Waals surface area (Å²) >= 11 is 1.79. The topological polar surface area (TPSA) is 52.6 Å². The van der Waals surface area contributed by atoms with E-state index in [1.54, 1.807) is 11.3 Å². The number of hydrogen-bond acceptors (Lipinski definition) is 4. The van der Waals surface area contributed by atoms with Crippen LogP contribution in [0.2, 0.25) is 0 Å². The molecular weight excluding hydrogens is 284 g/mol. The zero-order valence-electron chi connectivity index (χ0n) is 12.4. The maximum Gasteiger partial charge on any atom is 0.236 e. The van der Waals surface area contributed by atoms with E-state index in [2.05, 4.69) is 16.8 Å². The van der Waals surface area contributed by atoms with Crippen LogP contribution < -0.4 is 5.32 Å². The van der Waals surface area contributed by atoms with Gasteiger partial charge in [0.1, 0.15) is 0 Å². The highest BCUT2D eigenvalue weighted by atomic mass is 32.1. The number of nitrogens with zero attached hydrogens (tertiary/aromatic N) is 1. The lowest BCUT2D eigenvalue weighted by atomic mass is 9.85. The SMILES string of the molecule is O=C(CNCC1(O)CCCCC1)N1CCc2sccc2C1. The van der Waals surface area contributed by atoms with Gasteiger partial charge in [0, 0.05) is 24.5 Å². The van der Waals surface area contributed by atoms with E-state index >= 15 is 0 Å². The van der Waals surface area contributed by atoms with Crippen LogP contribution in [0.5, 0.6) is 0 Å². The van der Waals surface area contributed by atoms with E-state index < -0.39 is 5.60 Å². The Hall–Kier alpha value is -0.910. The van der Waals surface area contributed by atoms with Crippen LogP contribution in [-0.4, -0.2) is 41.1 Å². The number of rotatable bonds is 4. The van der Waals surface area contributed by atoms with Gasteiger partial charge in [-0.05, 0) is 36.3 Å². The molecular formula is C16H24N2O2S. The van der Waals surface area contributed by atoms with Gasteiger partial charge < -0.3 is 15.3 Å². The summed E-state index contributed by atoms with van der Waals surface area (Å²) in [5.41, 5.74) is 0.700. The molecule has 0 atom stereocenters. The Kier molecular flexibility index (Phi) is 4.62. The predicted octanol–water partition coefficient (Wildman–Crippen LogP) is 1.92. The molecule has 4 nitrogen and oxygen atoms in total. The number of fused-ring (bicyclic) bond motifs is 1. The first kappa shape index (κ1) is 15.0. The summed E-state index contributed by atoms with van der Waals surface area (Å²) in [6.45, 7) is 2.43. The van der Waals surface area contributed by atoms with Crippen LogP contribution in [0.3, 0.4) is 0 Å². The van der Waals surface area contributed by atoms with Gasteiger partial charge in [-0.3, -0.25) is 4.79 Å². The molecule has 1 aromatic heterocycles. The molecule has 3 rings (SSSR count). The van der Waals surface area contributed by atoms with Crippen LogP contribution in [0.1, 0.15) is 42.5 Å². The lowest BCUT2D eigenvalue weighted by molar-refractivity contribution is -0.131. The monoisotopic (exact) mass is 308 g/mol. The summed E-state index contributed by atoms with van der Waals surface area (Å²) in [5.74, 6) is 0.145. The largest absolute Gasteiger partial charge is 0.389 e. The summed E-state index contributed by atoms with van der Waals surface area (Å²) < 4.78 is 0. The highest BCUT2D eigenvalue weighted by Crippen LogP contribution is 2.27. The van der Waals surface area contributed by atoms with Gasteiger partial charge >= 0.3 is 0 Å². The van der Waals surface area contributed by atoms with E-state index in [9.17, 15) is 9.90 Å². The van der Waals surface area contributed by atoms with Crippen molar-refractivity contribution in [2.24, 2.45) is 0 Å². The minimum atomic E-state index is -0.596. The van der Waals surface area contributed by atoms with Gasteiger partial charge in [0.05, 0.1) is 12.1 Å². The molecule has 0 spiro atoms. The van der Waals surface area contributed by atoms with Crippen molar-refractivity contribution in [1.82, 2.24) is 10.2 Å². The zero-order chi connectivity index (χ0) is 14.7. The molecule has 1 saturated carbocycles. The Labute approximate surface area is 130 Å². The molecule has 0 radical (unpaired) electrons. The molecule has 2 aliphatic rings. The maximum absolute atomic E-state index is 12.3. The molecule has 1 amide bonds. The van der Waals surface area contributed by atoms with Crippen LogP contribution >= 0.6 is 11.3 Å². The van der Waals surface area contributed by atoms with Crippen molar-refractivity contribution in [2.75, 3.05) is 19.6 Å². The van der Waals surface area contributed by atoms with Gasteiger partial charge in [-0.15, -0.1) is 11.3 Å². The fourth-order valence-corrected chi connectivity index (χ4v) is 4.25. The quantitative estimate of drug-likeness (QED) is 0.893. The second-order valence-electron chi connectivity index (χ2n) is 6.32. The van der Waals surface area contributed by atoms with E-state index in [-0.39, 0.29) is 5.91 Å². The Bertz CT molecular complexity index is 494. The van der Waals surface area contributed by atoms with Gasteiger partial charge in [-0.2, -0.15) is 0 Å². The molecule has 2 heterocycles. The Balaban J connectivity index is 1.44. The molecule has 1 aliphatic heterocycles. The average Bonchev–Trinajstić information content (AvgIpc) is 2.95. The number of aliphatic hydroxyl groups is 1. The third-order valence-electron chi connectivity index (χ3n) is 4.67. The summed E-state index contributed by atoms with van der Waals surface area (Å²) in [4.78, 5) is 15.6. The van der Waals surface area contributed by atoms with Crippen LogP contribution in [0.15, 0.2) is 11.4 Å². The zero-order valence-corrected chi connectivity index (χ0v) is 13.3. The summed E-state index contributed by atoms with van der Waals surface area (Å²) in [5, 5.41) is 15.7. The molecule has 21 heavy (non-hydrogen) atoms. The van der Waals surface area contributed by atoms with Crippen LogP contribution in [-0.2, 0) is 17.8 Å². The molecule has 0 aromatic carbocycles. The van der Waals surface area contributed by atoms with Gasteiger partial charge in [0.25, 0.3) is 0 Å². The van der Waals surface area contributed by atoms with E-state index in [1.807, 2.05) is 4.90 Å². The minimum Gasteiger partial charge on any atom is -0.389 e. The number of nitrogens with one attached hydrogen (secondary N) is 1.